The maximum Gasteiger partial charge on any atom is 0.327 e. The van der Waals surface area contributed by atoms with Gasteiger partial charge in [-0.15, -0.1) is 11.8 Å². The molecule has 0 aromatic heterocycles. The fourth-order valence-corrected chi connectivity index (χ4v) is 2.94. The summed E-state index contributed by atoms with van der Waals surface area (Å²) in [5, 5.41) is 14.3. The summed E-state index contributed by atoms with van der Waals surface area (Å²) < 4.78 is 0. The first-order chi connectivity index (χ1) is 9.09. The minimum Gasteiger partial charge on any atom is -0.480 e. The van der Waals surface area contributed by atoms with E-state index in [-0.39, 0.29) is 11.8 Å². The zero-order valence-electron chi connectivity index (χ0n) is 10.4. The molecular formula is C11H17N3O4S. The molecule has 1 saturated carbocycles. The second kappa shape index (κ2) is 6.14. The molecule has 0 bridgehead atoms. The van der Waals surface area contributed by atoms with Crippen LogP contribution in [0.15, 0.2) is 0 Å². The minimum absolute atomic E-state index is 0.0365. The number of amides is 3. The standard InChI is InChI=1S/C11H17N3O4S/c15-9(7-1-2-7)12-3-4-13-11(18)14-6-19-5-8(14)10(16)17/h7-8H,1-6H2,(H,12,15)(H,13,18)(H,16,17). The lowest BCUT2D eigenvalue weighted by Gasteiger charge is -2.20. The highest BCUT2D eigenvalue weighted by atomic mass is 32.2. The monoisotopic (exact) mass is 287 g/mol. The van der Waals surface area contributed by atoms with Crippen LogP contribution in [0.3, 0.4) is 0 Å². The molecule has 0 spiro atoms. The van der Waals surface area contributed by atoms with Gasteiger partial charge >= 0.3 is 12.0 Å². The number of urea groups is 1. The molecule has 1 saturated heterocycles. The van der Waals surface area contributed by atoms with Gasteiger partial charge in [0, 0.05) is 24.8 Å². The number of nitrogens with one attached hydrogen (secondary N) is 2. The Kier molecular flexibility index (Phi) is 4.52. The first kappa shape index (κ1) is 14.0. The smallest absolute Gasteiger partial charge is 0.327 e. The molecule has 1 atom stereocenters. The number of carbonyl (C=O) groups is 3. The third-order valence-corrected chi connectivity index (χ3v) is 4.09. The predicted octanol–water partition coefficient (Wildman–Crippen LogP) is -0.318. The van der Waals surface area contributed by atoms with E-state index in [4.69, 9.17) is 5.11 Å². The number of carboxylic acids is 1. The summed E-state index contributed by atoms with van der Waals surface area (Å²) in [7, 11) is 0. The average molecular weight is 287 g/mol. The first-order valence-electron chi connectivity index (χ1n) is 6.22. The Morgan fingerprint density at radius 2 is 1.89 bits per heavy atom. The Morgan fingerprint density at radius 1 is 1.21 bits per heavy atom. The van der Waals surface area contributed by atoms with E-state index >= 15 is 0 Å². The van der Waals surface area contributed by atoms with Crippen molar-refractivity contribution in [3.8, 4) is 0 Å². The van der Waals surface area contributed by atoms with Crippen molar-refractivity contribution in [1.29, 1.82) is 0 Å². The summed E-state index contributed by atoms with van der Waals surface area (Å²) in [5.74, 6) is 0.0111. The van der Waals surface area contributed by atoms with Crippen LogP contribution in [0.1, 0.15) is 12.8 Å². The lowest BCUT2D eigenvalue weighted by molar-refractivity contribution is -0.140. The molecule has 2 aliphatic rings. The summed E-state index contributed by atoms with van der Waals surface area (Å²) in [6, 6.07) is -1.15. The van der Waals surface area contributed by atoms with Gasteiger partial charge in [0.15, 0.2) is 0 Å². The highest BCUT2D eigenvalue weighted by molar-refractivity contribution is 7.99. The molecule has 1 unspecified atom stereocenters. The second-order valence-electron chi connectivity index (χ2n) is 4.62. The van der Waals surface area contributed by atoms with Gasteiger partial charge in [-0.05, 0) is 12.8 Å². The van der Waals surface area contributed by atoms with Gasteiger partial charge in [-0.3, -0.25) is 4.79 Å². The summed E-state index contributed by atoms with van der Waals surface area (Å²) in [6.45, 7) is 0.685. The van der Waals surface area contributed by atoms with E-state index in [1.165, 1.54) is 16.7 Å². The number of carboxylic acid groups (broad SMARTS) is 1. The van der Waals surface area contributed by atoms with Crippen molar-refractivity contribution in [2.24, 2.45) is 5.92 Å². The number of thioether (sulfide) groups is 1. The molecule has 3 N–H and O–H groups in total. The molecule has 0 radical (unpaired) electrons. The highest BCUT2D eigenvalue weighted by Crippen LogP contribution is 2.28. The molecular weight excluding hydrogens is 270 g/mol. The summed E-state index contributed by atoms with van der Waals surface area (Å²) in [5.41, 5.74) is 0. The van der Waals surface area contributed by atoms with Crippen molar-refractivity contribution in [2.45, 2.75) is 18.9 Å². The third kappa shape index (κ3) is 3.76. The fraction of sp³-hybridized carbons (Fsp3) is 0.727. The lowest BCUT2D eigenvalue weighted by Crippen LogP contribution is -2.48. The molecule has 0 aromatic carbocycles. The summed E-state index contributed by atoms with van der Waals surface area (Å²) in [4.78, 5) is 35.3. The summed E-state index contributed by atoms with van der Waals surface area (Å²) in [6.07, 6.45) is 1.90. The molecule has 7 nitrogen and oxygen atoms in total. The highest BCUT2D eigenvalue weighted by Gasteiger charge is 2.34. The lowest BCUT2D eigenvalue weighted by atomic mass is 10.3. The Hall–Kier alpha value is -1.44. The van der Waals surface area contributed by atoms with E-state index < -0.39 is 18.0 Å². The number of carbonyl (C=O) groups excluding carboxylic acids is 2. The molecule has 106 valence electrons. The molecule has 1 aliphatic heterocycles. The SMILES string of the molecule is O=C(NCCNC(=O)N1CSCC1C(=O)O)C1CC1. The zero-order valence-corrected chi connectivity index (χ0v) is 11.2. The van der Waals surface area contributed by atoms with Crippen molar-refractivity contribution in [3.05, 3.63) is 0 Å². The quantitative estimate of drug-likeness (QED) is 0.602. The van der Waals surface area contributed by atoms with Crippen LogP contribution in [0, 0.1) is 5.92 Å². The van der Waals surface area contributed by atoms with Crippen LogP contribution in [0.4, 0.5) is 4.79 Å². The van der Waals surface area contributed by atoms with Crippen molar-refractivity contribution < 1.29 is 19.5 Å². The molecule has 0 aromatic rings. The number of nitrogens with zero attached hydrogens (tertiary/aromatic N) is 1. The van der Waals surface area contributed by atoms with Crippen LogP contribution in [0.25, 0.3) is 0 Å². The molecule has 1 aliphatic carbocycles. The van der Waals surface area contributed by atoms with Crippen molar-refractivity contribution >= 4 is 29.7 Å². The molecule has 2 fully saturated rings. The number of hydrogen-bond donors (Lipinski definition) is 3. The number of hydrogen-bond acceptors (Lipinski definition) is 4. The van der Waals surface area contributed by atoms with Crippen molar-refractivity contribution in [1.82, 2.24) is 15.5 Å². The van der Waals surface area contributed by atoms with Crippen LogP contribution in [-0.4, -0.2) is 58.7 Å². The maximum absolute atomic E-state index is 11.8. The molecule has 2 rings (SSSR count). The fourth-order valence-electron chi connectivity index (χ4n) is 1.79. The van der Waals surface area contributed by atoms with Crippen LogP contribution < -0.4 is 10.6 Å². The van der Waals surface area contributed by atoms with Crippen molar-refractivity contribution in [3.63, 3.8) is 0 Å². The maximum atomic E-state index is 11.8. The first-order valence-corrected chi connectivity index (χ1v) is 7.38. The van der Waals surface area contributed by atoms with Crippen LogP contribution in [0.2, 0.25) is 0 Å². The molecule has 3 amide bonds. The Labute approximate surface area is 115 Å². The normalized spacial score (nSPS) is 22.1. The van der Waals surface area contributed by atoms with Gasteiger partial charge in [0.25, 0.3) is 0 Å². The van der Waals surface area contributed by atoms with E-state index in [0.29, 0.717) is 24.7 Å². The van der Waals surface area contributed by atoms with Gasteiger partial charge in [-0.2, -0.15) is 0 Å². The van der Waals surface area contributed by atoms with Gasteiger partial charge in [-0.1, -0.05) is 0 Å². The van der Waals surface area contributed by atoms with Crippen molar-refractivity contribution in [2.75, 3.05) is 24.7 Å². The van der Waals surface area contributed by atoms with E-state index in [9.17, 15) is 14.4 Å². The summed E-state index contributed by atoms with van der Waals surface area (Å²) >= 11 is 1.42. The molecule has 1 heterocycles. The predicted molar refractivity (Wildman–Crippen MR) is 69.7 cm³/mol. The molecule has 19 heavy (non-hydrogen) atoms. The van der Waals surface area contributed by atoms with E-state index in [1.54, 1.807) is 0 Å². The van der Waals surface area contributed by atoms with Gasteiger partial charge in [-0.25, -0.2) is 9.59 Å². The van der Waals surface area contributed by atoms with Gasteiger partial charge < -0.3 is 20.6 Å². The topological polar surface area (TPSA) is 98.7 Å². The molecule has 8 heteroatoms. The number of aliphatic carboxylic acids is 1. The van der Waals surface area contributed by atoms with Gasteiger partial charge in [0.1, 0.15) is 6.04 Å². The van der Waals surface area contributed by atoms with Gasteiger partial charge in [0.05, 0.1) is 5.88 Å². The Morgan fingerprint density at radius 3 is 2.53 bits per heavy atom. The van der Waals surface area contributed by atoms with Gasteiger partial charge in [0.2, 0.25) is 5.91 Å². The van der Waals surface area contributed by atoms with E-state index in [1.807, 2.05) is 0 Å². The minimum atomic E-state index is -0.984. The van der Waals surface area contributed by atoms with Crippen LogP contribution in [0.5, 0.6) is 0 Å². The Bertz CT molecular complexity index is 386. The zero-order chi connectivity index (χ0) is 13.8. The number of rotatable bonds is 5. The third-order valence-electron chi connectivity index (χ3n) is 3.08. The van der Waals surface area contributed by atoms with E-state index in [2.05, 4.69) is 10.6 Å². The Balaban J connectivity index is 1.66. The largest absolute Gasteiger partial charge is 0.480 e. The van der Waals surface area contributed by atoms with Crippen LogP contribution >= 0.6 is 11.8 Å². The van der Waals surface area contributed by atoms with E-state index in [0.717, 1.165) is 12.8 Å². The average Bonchev–Trinajstić information content (AvgIpc) is 3.10. The van der Waals surface area contributed by atoms with Crippen LogP contribution in [-0.2, 0) is 9.59 Å². The second-order valence-corrected chi connectivity index (χ2v) is 5.62.